The lowest BCUT2D eigenvalue weighted by molar-refractivity contribution is -0.141. The monoisotopic (exact) mass is 539 g/mol. The first-order valence-electron chi connectivity index (χ1n) is 12.4. The summed E-state index contributed by atoms with van der Waals surface area (Å²) in [5.41, 5.74) is 3.17. The molecule has 0 heterocycles. The van der Waals surface area contributed by atoms with E-state index < -0.39 is 21.9 Å². The van der Waals surface area contributed by atoms with Crippen LogP contribution in [-0.4, -0.2) is 51.0 Å². The molecule has 0 saturated carbocycles. The Morgan fingerprint density at radius 1 is 0.947 bits per heavy atom. The number of rotatable bonds is 12. The highest BCUT2D eigenvalue weighted by Crippen LogP contribution is 2.21. The zero-order valence-corrected chi connectivity index (χ0v) is 22.7. The smallest absolute Gasteiger partial charge is 0.242 e. The average molecular weight is 540 g/mol. The molecule has 202 valence electrons. The maximum atomic E-state index is 13.7. The van der Waals surface area contributed by atoms with Crippen molar-refractivity contribution in [1.29, 1.82) is 0 Å². The van der Waals surface area contributed by atoms with Gasteiger partial charge >= 0.3 is 0 Å². The van der Waals surface area contributed by atoms with E-state index in [1.165, 1.54) is 24.3 Å². The first kappa shape index (κ1) is 28.8. The minimum absolute atomic E-state index is 0.0291. The van der Waals surface area contributed by atoms with Gasteiger partial charge in [-0.05, 0) is 54.3 Å². The van der Waals surface area contributed by atoms with E-state index in [0.717, 1.165) is 27.3 Å². The fraction of sp³-hybridized carbons (Fsp3) is 0.310. The molecule has 0 saturated heterocycles. The van der Waals surface area contributed by atoms with Crippen LogP contribution < -0.4 is 9.62 Å². The third kappa shape index (κ3) is 7.89. The number of carbonyl (C=O) groups excluding carboxylic acids is 2. The van der Waals surface area contributed by atoms with E-state index in [0.29, 0.717) is 12.1 Å². The second kappa shape index (κ2) is 13.2. The lowest BCUT2D eigenvalue weighted by atomic mass is 10.0. The molecule has 2 amide bonds. The highest BCUT2D eigenvalue weighted by molar-refractivity contribution is 7.92. The van der Waals surface area contributed by atoms with Crippen LogP contribution in [0.5, 0.6) is 0 Å². The fourth-order valence-electron chi connectivity index (χ4n) is 4.30. The maximum Gasteiger partial charge on any atom is 0.242 e. The molecular formula is C29H34FN3O4S. The normalized spacial score (nSPS) is 12.0. The SMILES string of the molecule is CNC(=O)[C@H](Cc1ccccc1)N(Cc1ccccc1C)C(=O)CCCN(c1ccc(F)cc1)S(C)(=O)=O. The molecule has 0 aromatic heterocycles. The fourth-order valence-corrected chi connectivity index (χ4v) is 5.27. The number of anilines is 1. The molecule has 38 heavy (non-hydrogen) atoms. The average Bonchev–Trinajstić information content (AvgIpc) is 2.89. The van der Waals surface area contributed by atoms with Gasteiger partial charge in [-0.15, -0.1) is 0 Å². The third-order valence-electron chi connectivity index (χ3n) is 6.39. The van der Waals surface area contributed by atoms with Gasteiger partial charge in [0.1, 0.15) is 11.9 Å². The predicted octanol–water partition coefficient (Wildman–Crippen LogP) is 4.07. The van der Waals surface area contributed by atoms with Gasteiger partial charge < -0.3 is 10.2 Å². The summed E-state index contributed by atoms with van der Waals surface area (Å²) < 4.78 is 39.4. The minimum Gasteiger partial charge on any atom is -0.357 e. The van der Waals surface area contributed by atoms with Gasteiger partial charge in [-0.2, -0.15) is 0 Å². The number of benzene rings is 3. The largest absolute Gasteiger partial charge is 0.357 e. The van der Waals surface area contributed by atoms with Crippen LogP contribution in [0.15, 0.2) is 78.9 Å². The molecule has 9 heteroatoms. The topological polar surface area (TPSA) is 86.8 Å². The van der Waals surface area contributed by atoms with E-state index in [2.05, 4.69) is 5.32 Å². The summed E-state index contributed by atoms with van der Waals surface area (Å²) in [6.07, 6.45) is 1.66. The maximum absolute atomic E-state index is 13.7. The van der Waals surface area contributed by atoms with E-state index >= 15 is 0 Å². The van der Waals surface area contributed by atoms with Crippen molar-refractivity contribution in [3.05, 3.63) is 101 Å². The number of aryl methyl sites for hydroxylation is 1. The third-order valence-corrected chi connectivity index (χ3v) is 7.58. The Kier molecular flexibility index (Phi) is 10.0. The summed E-state index contributed by atoms with van der Waals surface area (Å²) >= 11 is 0. The number of nitrogens with zero attached hydrogens (tertiary/aromatic N) is 2. The van der Waals surface area contributed by atoms with Crippen LogP contribution in [0.3, 0.4) is 0 Å². The van der Waals surface area contributed by atoms with Gasteiger partial charge in [0.15, 0.2) is 0 Å². The molecule has 3 rings (SSSR count). The summed E-state index contributed by atoms with van der Waals surface area (Å²) in [5, 5.41) is 2.69. The summed E-state index contributed by atoms with van der Waals surface area (Å²) in [4.78, 5) is 28.3. The van der Waals surface area contributed by atoms with Gasteiger partial charge in [0.2, 0.25) is 21.8 Å². The quantitative estimate of drug-likeness (QED) is 0.376. The molecule has 3 aromatic rings. The standard InChI is InChI=1S/C29H34FN3O4S/c1-22-10-7-8-13-24(22)21-32(27(29(35)31-2)20-23-11-5-4-6-12-23)28(34)14-9-19-33(38(3,36)37)26-17-15-25(30)16-18-26/h4-8,10-13,15-18,27H,9,14,19-21H2,1-3H3,(H,31,35)/t27-/m0/s1. The first-order chi connectivity index (χ1) is 18.1. The van der Waals surface area contributed by atoms with Crippen LogP contribution in [0.25, 0.3) is 0 Å². The van der Waals surface area contributed by atoms with Crippen molar-refractivity contribution in [2.24, 2.45) is 0 Å². The molecule has 1 N–H and O–H groups in total. The Morgan fingerprint density at radius 3 is 2.18 bits per heavy atom. The Balaban J connectivity index is 1.84. The lowest BCUT2D eigenvalue weighted by Gasteiger charge is -2.32. The van der Waals surface area contributed by atoms with E-state index in [9.17, 15) is 22.4 Å². The number of nitrogens with one attached hydrogen (secondary N) is 1. The number of carbonyl (C=O) groups is 2. The highest BCUT2D eigenvalue weighted by Gasteiger charge is 2.30. The molecule has 0 spiro atoms. The number of halogens is 1. The molecule has 0 radical (unpaired) electrons. The first-order valence-corrected chi connectivity index (χ1v) is 14.3. The molecule has 0 aliphatic heterocycles. The van der Waals surface area contributed by atoms with Gasteiger partial charge in [0.25, 0.3) is 0 Å². The summed E-state index contributed by atoms with van der Waals surface area (Å²) in [6.45, 7) is 2.23. The molecule has 0 fully saturated rings. The number of amides is 2. The highest BCUT2D eigenvalue weighted by atomic mass is 32.2. The second-order valence-electron chi connectivity index (χ2n) is 9.18. The lowest BCUT2D eigenvalue weighted by Crippen LogP contribution is -2.50. The van der Waals surface area contributed by atoms with Gasteiger partial charge in [-0.1, -0.05) is 54.6 Å². The van der Waals surface area contributed by atoms with Crippen molar-refractivity contribution in [1.82, 2.24) is 10.2 Å². The Bertz CT molecular complexity index is 1330. The molecule has 0 aliphatic rings. The van der Waals surface area contributed by atoms with Crippen molar-refractivity contribution >= 4 is 27.5 Å². The number of hydrogen-bond donors (Lipinski definition) is 1. The Hall–Kier alpha value is -3.72. The molecule has 7 nitrogen and oxygen atoms in total. The summed E-state index contributed by atoms with van der Waals surface area (Å²) in [5.74, 6) is -1.01. The zero-order chi connectivity index (χ0) is 27.7. The number of likely N-dealkylation sites (N-methyl/N-ethyl adjacent to an activating group) is 1. The van der Waals surface area contributed by atoms with E-state index in [4.69, 9.17) is 0 Å². The van der Waals surface area contributed by atoms with Crippen molar-refractivity contribution < 1.29 is 22.4 Å². The molecule has 3 aromatic carbocycles. The van der Waals surface area contributed by atoms with Gasteiger partial charge in [0, 0.05) is 33.0 Å². The molecular weight excluding hydrogens is 505 g/mol. The van der Waals surface area contributed by atoms with Crippen LogP contribution in [0.2, 0.25) is 0 Å². The van der Waals surface area contributed by atoms with Crippen molar-refractivity contribution in [2.45, 2.75) is 38.8 Å². The summed E-state index contributed by atoms with van der Waals surface area (Å²) in [6, 6.07) is 21.6. The van der Waals surface area contributed by atoms with E-state index in [1.807, 2.05) is 61.5 Å². The Labute approximate surface area is 224 Å². The van der Waals surface area contributed by atoms with Crippen LogP contribution in [0.4, 0.5) is 10.1 Å². The van der Waals surface area contributed by atoms with Crippen molar-refractivity contribution in [3.8, 4) is 0 Å². The summed E-state index contributed by atoms with van der Waals surface area (Å²) in [7, 11) is -2.11. The molecule has 0 unspecified atom stereocenters. The van der Waals surface area contributed by atoms with Gasteiger partial charge in [-0.25, -0.2) is 12.8 Å². The van der Waals surface area contributed by atoms with Crippen molar-refractivity contribution in [2.75, 3.05) is 24.2 Å². The van der Waals surface area contributed by atoms with Crippen LogP contribution in [0.1, 0.15) is 29.5 Å². The van der Waals surface area contributed by atoms with Crippen LogP contribution in [-0.2, 0) is 32.6 Å². The van der Waals surface area contributed by atoms with Crippen LogP contribution >= 0.6 is 0 Å². The number of sulfonamides is 1. The van der Waals surface area contributed by atoms with Gasteiger partial charge in [0.05, 0.1) is 11.9 Å². The zero-order valence-electron chi connectivity index (χ0n) is 21.9. The Morgan fingerprint density at radius 2 is 1.58 bits per heavy atom. The molecule has 0 aliphatic carbocycles. The second-order valence-corrected chi connectivity index (χ2v) is 11.1. The predicted molar refractivity (Wildman–Crippen MR) is 148 cm³/mol. The molecule has 1 atom stereocenters. The molecule has 0 bridgehead atoms. The number of hydrogen-bond acceptors (Lipinski definition) is 4. The van der Waals surface area contributed by atoms with Crippen molar-refractivity contribution in [3.63, 3.8) is 0 Å². The van der Waals surface area contributed by atoms with Gasteiger partial charge in [-0.3, -0.25) is 13.9 Å². The van der Waals surface area contributed by atoms with E-state index in [-0.39, 0.29) is 37.7 Å². The minimum atomic E-state index is -3.66. The van der Waals surface area contributed by atoms with Crippen LogP contribution in [0, 0.1) is 12.7 Å². The van der Waals surface area contributed by atoms with E-state index in [1.54, 1.807) is 11.9 Å².